The Hall–Kier alpha value is -4.55. The van der Waals surface area contributed by atoms with Crippen molar-refractivity contribution < 1.29 is 14.3 Å². The molecule has 4 N–H and O–H groups in total. The van der Waals surface area contributed by atoms with Gasteiger partial charge in [0.15, 0.2) is 5.65 Å². The van der Waals surface area contributed by atoms with Crippen molar-refractivity contribution in [3.63, 3.8) is 0 Å². The van der Waals surface area contributed by atoms with E-state index in [4.69, 9.17) is 37.9 Å². The van der Waals surface area contributed by atoms with Gasteiger partial charge < -0.3 is 26.0 Å². The van der Waals surface area contributed by atoms with E-state index in [0.717, 1.165) is 57.4 Å². The minimum absolute atomic E-state index is 0.0995. The highest BCUT2D eigenvalue weighted by atomic mass is 35.5. The monoisotopic (exact) mass is 698 g/mol. The van der Waals surface area contributed by atoms with Gasteiger partial charge in [-0.2, -0.15) is 5.10 Å². The van der Waals surface area contributed by atoms with Gasteiger partial charge in [-0.15, -0.1) is 0 Å². The molecule has 7 rings (SSSR count). The summed E-state index contributed by atoms with van der Waals surface area (Å²) in [5.74, 6) is 0.711. The molecule has 5 heterocycles. The van der Waals surface area contributed by atoms with Crippen molar-refractivity contribution in [3.05, 3.63) is 88.3 Å². The summed E-state index contributed by atoms with van der Waals surface area (Å²) in [5, 5.41) is 18.4. The number of ether oxygens (including phenoxy) is 1. The van der Waals surface area contributed by atoms with E-state index in [-0.39, 0.29) is 23.9 Å². The van der Waals surface area contributed by atoms with Crippen molar-refractivity contribution in [1.29, 1.82) is 0 Å². The van der Waals surface area contributed by atoms with Crippen molar-refractivity contribution in [2.45, 2.75) is 50.9 Å². The number of fused-ring (bicyclic) bond motifs is 1. The van der Waals surface area contributed by atoms with Crippen LogP contribution >= 0.6 is 23.2 Å². The van der Waals surface area contributed by atoms with Crippen LogP contribution in [0, 0.1) is 0 Å². The van der Waals surface area contributed by atoms with Crippen LogP contribution in [0.3, 0.4) is 0 Å². The first-order valence-corrected chi connectivity index (χ1v) is 17.1. The molecule has 3 aromatic heterocycles. The third-order valence-electron chi connectivity index (χ3n) is 9.02. The van der Waals surface area contributed by atoms with Crippen molar-refractivity contribution >= 4 is 40.7 Å². The Balaban J connectivity index is 1.09. The zero-order valence-electron chi connectivity index (χ0n) is 26.9. The van der Waals surface area contributed by atoms with Crippen LogP contribution in [0.2, 0.25) is 10.0 Å². The molecular weight excluding hydrogens is 663 g/mol. The molecule has 49 heavy (non-hydrogen) atoms. The van der Waals surface area contributed by atoms with Gasteiger partial charge in [-0.05, 0) is 18.9 Å². The lowest BCUT2D eigenvalue weighted by atomic mass is 9.97. The molecule has 2 amide bonds. The molecule has 2 aliphatic heterocycles. The number of amides is 2. The maximum absolute atomic E-state index is 11.5. The number of carbonyl (C=O) groups excluding carboxylic acids is 2. The van der Waals surface area contributed by atoms with Gasteiger partial charge in [0, 0.05) is 102 Å². The topological polar surface area (TPSA) is 135 Å². The van der Waals surface area contributed by atoms with E-state index in [1.54, 1.807) is 24.0 Å². The molecule has 2 unspecified atom stereocenters. The number of methoxy groups -OCH3 is 1. The molecule has 0 spiro atoms. The number of hydrogen-bond donors (Lipinski definition) is 4. The number of nitrogens with zero attached hydrogens (tertiary/aromatic N) is 4. The van der Waals surface area contributed by atoms with Crippen LogP contribution in [0.4, 0.5) is 0 Å². The Labute approximate surface area is 293 Å². The summed E-state index contributed by atoms with van der Waals surface area (Å²) in [4.78, 5) is 32.5. The van der Waals surface area contributed by atoms with E-state index in [2.05, 4.69) is 26.4 Å². The lowest BCUT2D eigenvalue weighted by Gasteiger charge is -2.15. The number of rotatable bonds is 12. The summed E-state index contributed by atoms with van der Waals surface area (Å²) in [5.41, 5.74) is 7.22. The quantitative estimate of drug-likeness (QED) is 0.140. The van der Waals surface area contributed by atoms with Crippen LogP contribution in [-0.4, -0.2) is 63.7 Å². The highest BCUT2D eigenvalue weighted by molar-refractivity contribution is 6.39. The molecule has 0 aliphatic carbocycles. The van der Waals surface area contributed by atoms with Crippen LogP contribution in [0.1, 0.15) is 36.8 Å². The molecule has 2 fully saturated rings. The summed E-state index contributed by atoms with van der Waals surface area (Å²) >= 11 is 14.2. The van der Waals surface area contributed by atoms with Crippen LogP contribution in [0.25, 0.3) is 39.2 Å². The molecule has 2 atom stereocenters. The smallest absolute Gasteiger partial charge is 0.220 e. The number of halogens is 2. The number of carbonyl (C=O) groups is 2. The first-order valence-electron chi connectivity index (χ1n) is 16.3. The molecule has 11 nitrogen and oxygen atoms in total. The van der Waals surface area contributed by atoms with Gasteiger partial charge >= 0.3 is 0 Å². The first-order chi connectivity index (χ1) is 23.9. The summed E-state index contributed by atoms with van der Waals surface area (Å²) in [6, 6.07) is 15.9. The average Bonchev–Trinajstić information content (AvgIpc) is 3.84. The molecule has 13 heteroatoms. The molecule has 0 radical (unpaired) electrons. The molecule has 2 aromatic carbocycles. The fourth-order valence-corrected chi connectivity index (χ4v) is 7.10. The van der Waals surface area contributed by atoms with E-state index >= 15 is 0 Å². The Morgan fingerprint density at radius 2 is 1.43 bits per heavy atom. The lowest BCUT2D eigenvalue weighted by Crippen LogP contribution is -2.35. The fourth-order valence-electron chi connectivity index (χ4n) is 6.44. The highest BCUT2D eigenvalue weighted by Gasteiger charge is 2.22. The predicted octanol–water partition coefficient (Wildman–Crippen LogP) is 5.18. The Kier molecular flexibility index (Phi) is 9.77. The largest absolute Gasteiger partial charge is 0.481 e. The molecule has 0 bridgehead atoms. The van der Waals surface area contributed by atoms with Crippen LogP contribution in [-0.2, 0) is 22.7 Å². The van der Waals surface area contributed by atoms with Gasteiger partial charge in [0.05, 0.1) is 29.0 Å². The zero-order valence-corrected chi connectivity index (χ0v) is 28.4. The number of aromatic nitrogens is 4. The van der Waals surface area contributed by atoms with Crippen LogP contribution in [0.15, 0.2) is 67.1 Å². The number of nitrogens with one attached hydrogen (secondary N) is 4. The molecule has 2 aliphatic rings. The Morgan fingerprint density at radius 1 is 0.816 bits per heavy atom. The van der Waals surface area contributed by atoms with E-state index in [1.165, 1.54) is 0 Å². The third-order valence-corrected chi connectivity index (χ3v) is 9.83. The fraction of sp³-hybridized carbons (Fsp3) is 0.306. The van der Waals surface area contributed by atoms with Gasteiger partial charge in [-0.25, -0.2) is 14.5 Å². The number of hydrogen-bond acceptors (Lipinski definition) is 8. The second-order valence-electron chi connectivity index (χ2n) is 12.3. The van der Waals surface area contributed by atoms with Crippen molar-refractivity contribution in [1.82, 2.24) is 40.8 Å². The van der Waals surface area contributed by atoms with Gasteiger partial charge in [0.25, 0.3) is 0 Å². The standard InChI is InChI=1S/C36H36Cl2N8O3/c1-49-36-21(14-39-18-24-9-12-31(47)43-24)8-11-30(45-36)29-7-3-6-28(34(29)38)27-5-2-4-26(33(27)37)23-16-41-35-22(17-42-46(35)20-23)15-40-19-25-10-13-32(48)44-25/h2-8,11,16-17,20,24-25,39-40H,9-10,12-15,18-19H2,1H3,(H,43,47)(H,44,48). The summed E-state index contributed by atoms with van der Waals surface area (Å²) in [6.45, 7) is 2.52. The molecular formula is C36H36Cl2N8O3. The second kappa shape index (κ2) is 14.5. The van der Waals surface area contributed by atoms with Gasteiger partial charge in [0.2, 0.25) is 17.7 Å². The number of benzene rings is 2. The van der Waals surface area contributed by atoms with Crippen LogP contribution < -0.4 is 26.0 Å². The normalized spacial score (nSPS) is 17.4. The Morgan fingerprint density at radius 3 is 2.06 bits per heavy atom. The van der Waals surface area contributed by atoms with E-state index in [1.807, 2.05) is 54.7 Å². The minimum Gasteiger partial charge on any atom is -0.481 e. The summed E-state index contributed by atoms with van der Waals surface area (Å²) < 4.78 is 7.40. The molecule has 0 saturated carbocycles. The van der Waals surface area contributed by atoms with Gasteiger partial charge in [-0.3, -0.25) is 9.59 Å². The van der Waals surface area contributed by atoms with Crippen molar-refractivity contribution in [2.75, 3.05) is 20.2 Å². The van der Waals surface area contributed by atoms with E-state index in [9.17, 15) is 9.59 Å². The van der Waals surface area contributed by atoms with Crippen molar-refractivity contribution in [2.24, 2.45) is 0 Å². The summed E-state index contributed by atoms with van der Waals surface area (Å²) in [7, 11) is 1.60. The van der Waals surface area contributed by atoms with Gasteiger partial charge in [-0.1, -0.05) is 65.7 Å². The Bertz CT molecular complexity index is 2030. The molecule has 252 valence electrons. The highest BCUT2D eigenvalue weighted by Crippen LogP contribution is 2.42. The van der Waals surface area contributed by atoms with E-state index < -0.39 is 0 Å². The summed E-state index contributed by atoms with van der Waals surface area (Å²) in [6.07, 6.45) is 8.36. The molecule has 2 saturated heterocycles. The predicted molar refractivity (Wildman–Crippen MR) is 189 cm³/mol. The van der Waals surface area contributed by atoms with Gasteiger partial charge in [0.1, 0.15) is 0 Å². The number of pyridine rings is 1. The van der Waals surface area contributed by atoms with E-state index in [0.29, 0.717) is 60.6 Å². The average molecular weight is 700 g/mol. The zero-order chi connectivity index (χ0) is 33.9. The third kappa shape index (κ3) is 7.11. The van der Waals surface area contributed by atoms with Crippen LogP contribution in [0.5, 0.6) is 5.88 Å². The maximum atomic E-state index is 11.5. The second-order valence-corrected chi connectivity index (χ2v) is 13.1. The molecule has 5 aromatic rings. The minimum atomic E-state index is 0.0995. The lowest BCUT2D eigenvalue weighted by molar-refractivity contribution is -0.120. The SMILES string of the molecule is COc1nc(-c2cccc(-c3cccc(-c4cnc5c(CNCC6CCC(=O)N6)cnn5c4)c3Cl)c2Cl)ccc1CNCC1CCC(=O)N1. The maximum Gasteiger partial charge on any atom is 0.220 e. The van der Waals surface area contributed by atoms with Crippen molar-refractivity contribution in [3.8, 4) is 39.4 Å². The first kappa shape index (κ1) is 33.0.